The second-order valence-corrected chi connectivity index (χ2v) is 20.5. The van der Waals surface area contributed by atoms with Crippen molar-refractivity contribution in [1.82, 2.24) is 0 Å². The van der Waals surface area contributed by atoms with Crippen molar-refractivity contribution in [3.63, 3.8) is 0 Å². The summed E-state index contributed by atoms with van der Waals surface area (Å²) in [7, 11) is 0.671. The topological polar surface area (TPSA) is 0 Å². The third kappa shape index (κ3) is 7.76. The van der Waals surface area contributed by atoms with E-state index in [4.69, 9.17) is 0 Å². The van der Waals surface area contributed by atoms with Crippen LogP contribution in [0.2, 0.25) is 17.3 Å². The molecule has 1 atom stereocenters. The van der Waals surface area contributed by atoms with Gasteiger partial charge in [0.05, 0.1) is 0 Å². The van der Waals surface area contributed by atoms with Crippen molar-refractivity contribution >= 4 is 24.2 Å². The van der Waals surface area contributed by atoms with E-state index < -0.39 is 13.3 Å². The van der Waals surface area contributed by atoms with Crippen molar-refractivity contribution < 1.29 is 12.4 Å². The van der Waals surface area contributed by atoms with Gasteiger partial charge in [0, 0.05) is 0 Å². The molecule has 1 rings (SSSR count). The molecule has 0 aliphatic heterocycles. The standard InChI is InChI=1S/C12H25GeS.ClH/c1-13(2,3)11-14(4)10-9-12-7-5-6-8-12;/h9H,5-8,10-11H2,1-4H3;1H/q+1;/p-1. The van der Waals surface area contributed by atoms with Crippen molar-refractivity contribution in [2.75, 3.05) is 16.6 Å². The normalized spacial score (nSPS) is 18.5. The fourth-order valence-corrected chi connectivity index (χ4v) is 14.3. The zero-order valence-corrected chi connectivity index (χ0v) is 14.3. The van der Waals surface area contributed by atoms with Crippen molar-refractivity contribution in [3.8, 4) is 0 Å². The molecule has 15 heavy (non-hydrogen) atoms. The van der Waals surface area contributed by atoms with E-state index in [1.807, 2.05) is 0 Å². The van der Waals surface area contributed by atoms with E-state index in [1.54, 1.807) is 10.2 Å². The smallest absolute Gasteiger partial charge is 1.00 e. The Morgan fingerprint density at radius 2 is 1.73 bits per heavy atom. The molecule has 0 N–H and O–H groups in total. The van der Waals surface area contributed by atoms with Crippen LogP contribution in [-0.4, -0.2) is 29.9 Å². The molecule has 1 unspecified atom stereocenters. The van der Waals surface area contributed by atoms with Crippen LogP contribution in [0, 0.1) is 0 Å². The van der Waals surface area contributed by atoms with Crippen molar-refractivity contribution in [2.45, 2.75) is 43.0 Å². The van der Waals surface area contributed by atoms with Gasteiger partial charge in [0.15, 0.2) is 0 Å². The van der Waals surface area contributed by atoms with Crippen LogP contribution < -0.4 is 12.4 Å². The van der Waals surface area contributed by atoms with Gasteiger partial charge in [-0.2, -0.15) is 0 Å². The van der Waals surface area contributed by atoms with Gasteiger partial charge < -0.3 is 12.4 Å². The molecule has 1 fully saturated rings. The number of halogens is 1. The molecule has 0 bridgehead atoms. The minimum absolute atomic E-state index is 0. The number of hydrogen-bond acceptors (Lipinski definition) is 0. The summed E-state index contributed by atoms with van der Waals surface area (Å²) in [5.41, 5.74) is 1.76. The molecule has 1 saturated carbocycles. The number of rotatable bonds is 4. The number of hydrogen-bond donors (Lipinski definition) is 0. The molecule has 3 heteroatoms. The zero-order valence-electron chi connectivity index (χ0n) is 10.6. The van der Waals surface area contributed by atoms with Crippen LogP contribution >= 0.6 is 0 Å². The molecule has 0 aromatic rings. The van der Waals surface area contributed by atoms with Gasteiger partial charge >= 0.3 is 95.4 Å². The SMILES string of the molecule is C[S+](CC=C1CCCC1)[CH2][Ge]([CH3])([CH3])[CH3].[Cl-]. The quantitative estimate of drug-likeness (QED) is 0.406. The van der Waals surface area contributed by atoms with Gasteiger partial charge in [0.25, 0.3) is 0 Å². The van der Waals surface area contributed by atoms with Crippen LogP contribution in [0.4, 0.5) is 0 Å². The third-order valence-corrected chi connectivity index (χ3v) is 13.2. The Morgan fingerprint density at radius 3 is 2.20 bits per heavy atom. The first-order chi connectivity index (χ1) is 6.47. The molecule has 90 valence electrons. The summed E-state index contributed by atoms with van der Waals surface area (Å²) in [4.78, 5) is 0. The summed E-state index contributed by atoms with van der Waals surface area (Å²) in [6.45, 7) is 0. The summed E-state index contributed by atoms with van der Waals surface area (Å²) < 4.78 is 1.56. The van der Waals surface area contributed by atoms with Crippen LogP contribution in [0.5, 0.6) is 0 Å². The van der Waals surface area contributed by atoms with E-state index in [2.05, 4.69) is 29.6 Å². The Kier molecular flexibility index (Phi) is 7.74. The van der Waals surface area contributed by atoms with E-state index in [1.165, 1.54) is 31.4 Å². The van der Waals surface area contributed by atoms with Gasteiger partial charge in [-0.15, -0.1) is 0 Å². The molecule has 0 nitrogen and oxygen atoms in total. The van der Waals surface area contributed by atoms with E-state index >= 15 is 0 Å². The van der Waals surface area contributed by atoms with E-state index in [0.717, 1.165) is 0 Å². The molecule has 0 radical (unpaired) electrons. The summed E-state index contributed by atoms with van der Waals surface area (Å²) in [6.07, 6.45) is 10.7. The molecule has 1 aliphatic rings. The van der Waals surface area contributed by atoms with Crippen molar-refractivity contribution in [2.24, 2.45) is 0 Å². The molecule has 0 aromatic carbocycles. The Bertz CT molecular complexity index is 200. The van der Waals surface area contributed by atoms with Gasteiger partial charge in [0.2, 0.25) is 0 Å². The zero-order chi connectivity index (χ0) is 10.6. The van der Waals surface area contributed by atoms with Gasteiger partial charge in [-0.3, -0.25) is 0 Å². The van der Waals surface area contributed by atoms with Crippen LogP contribution in [0.1, 0.15) is 25.7 Å². The van der Waals surface area contributed by atoms with Crippen LogP contribution in [0.3, 0.4) is 0 Å². The second kappa shape index (κ2) is 7.29. The predicted molar refractivity (Wildman–Crippen MR) is 72.9 cm³/mol. The molecular weight excluding hydrogens is 284 g/mol. The first-order valence-electron chi connectivity index (χ1n) is 5.74. The molecular formula is C12H25ClGeS. The third-order valence-electron chi connectivity index (χ3n) is 2.58. The fraction of sp³-hybridized carbons (Fsp3) is 0.833. The molecule has 1 aliphatic carbocycles. The monoisotopic (exact) mass is 310 g/mol. The minimum atomic E-state index is -1.28. The van der Waals surface area contributed by atoms with Crippen LogP contribution in [-0.2, 0) is 10.9 Å². The molecule has 0 heterocycles. The molecule has 0 saturated heterocycles. The van der Waals surface area contributed by atoms with Gasteiger partial charge in [-0.05, 0) is 0 Å². The van der Waals surface area contributed by atoms with Gasteiger partial charge in [-0.25, -0.2) is 0 Å². The average Bonchev–Trinajstić information content (AvgIpc) is 2.49. The van der Waals surface area contributed by atoms with Gasteiger partial charge in [0.1, 0.15) is 0 Å². The Labute approximate surface area is 107 Å². The summed E-state index contributed by atoms with van der Waals surface area (Å²) in [5.74, 6) is 8.97. The van der Waals surface area contributed by atoms with Crippen molar-refractivity contribution in [1.29, 1.82) is 0 Å². The first-order valence-corrected chi connectivity index (χ1v) is 15.5. The van der Waals surface area contributed by atoms with E-state index in [9.17, 15) is 0 Å². The van der Waals surface area contributed by atoms with E-state index in [-0.39, 0.29) is 12.4 Å². The Balaban J connectivity index is 0.00000196. The largest absolute Gasteiger partial charge is 1.00 e. The van der Waals surface area contributed by atoms with E-state index in [0.29, 0.717) is 10.9 Å². The Morgan fingerprint density at radius 1 is 1.20 bits per heavy atom. The first kappa shape index (κ1) is 15.9. The average molecular weight is 309 g/mol. The maximum absolute atomic E-state index is 2.56. The minimum Gasteiger partial charge on any atom is -1.00 e. The summed E-state index contributed by atoms with van der Waals surface area (Å²) in [5, 5.41) is 0. The maximum atomic E-state index is 2.56. The summed E-state index contributed by atoms with van der Waals surface area (Å²) >= 11 is -1.28. The predicted octanol–water partition coefficient (Wildman–Crippen LogP) is 0.616. The summed E-state index contributed by atoms with van der Waals surface area (Å²) in [6, 6.07) is 0. The van der Waals surface area contributed by atoms with Crippen molar-refractivity contribution in [3.05, 3.63) is 11.6 Å². The number of allylic oxidation sites excluding steroid dienone is 1. The maximum Gasteiger partial charge on any atom is -1.00 e. The molecule has 0 amide bonds. The molecule has 0 spiro atoms. The van der Waals surface area contributed by atoms with Crippen LogP contribution in [0.15, 0.2) is 11.6 Å². The fourth-order valence-electron chi connectivity index (χ4n) is 2.09. The second-order valence-electron chi connectivity index (χ2n) is 5.72. The Hall–Kier alpha value is 0.923. The van der Waals surface area contributed by atoms with Gasteiger partial charge in [-0.1, -0.05) is 0 Å². The molecule has 0 aromatic heterocycles. The van der Waals surface area contributed by atoms with Crippen LogP contribution in [0.25, 0.3) is 0 Å².